The second-order valence-corrected chi connectivity index (χ2v) is 9.29. The van der Waals surface area contributed by atoms with Crippen molar-refractivity contribution in [2.75, 3.05) is 36.8 Å². The minimum atomic E-state index is -3.62. The summed E-state index contributed by atoms with van der Waals surface area (Å²) < 4.78 is 26.7. The number of nitrogens with zero attached hydrogens (tertiary/aromatic N) is 3. The number of hydrogen-bond donors (Lipinski definition) is 2. The van der Waals surface area contributed by atoms with Crippen LogP contribution in [0.4, 0.5) is 16.2 Å². The molecule has 0 atom stereocenters. The topological polar surface area (TPSA) is 112 Å². The predicted octanol–water partition coefficient (Wildman–Crippen LogP) is 1.97. The Kier molecular flexibility index (Phi) is 5.69. The van der Waals surface area contributed by atoms with Crippen molar-refractivity contribution in [1.82, 2.24) is 14.2 Å². The van der Waals surface area contributed by atoms with Crippen LogP contribution < -0.4 is 10.6 Å². The number of piperazine rings is 1. The summed E-state index contributed by atoms with van der Waals surface area (Å²) in [6, 6.07) is 9.77. The Labute approximate surface area is 175 Å². The number of pyridine rings is 1. The van der Waals surface area contributed by atoms with Gasteiger partial charge in [0, 0.05) is 55.9 Å². The van der Waals surface area contributed by atoms with E-state index in [9.17, 15) is 18.0 Å². The molecule has 0 bridgehead atoms. The van der Waals surface area contributed by atoms with E-state index in [-0.39, 0.29) is 48.9 Å². The number of anilines is 2. The van der Waals surface area contributed by atoms with Gasteiger partial charge < -0.3 is 15.5 Å². The second-order valence-electron chi connectivity index (χ2n) is 7.35. The Bertz CT molecular complexity index is 1030. The maximum Gasteiger partial charge on any atom is 0.321 e. The molecule has 2 heterocycles. The molecule has 1 saturated carbocycles. The average molecular weight is 430 g/mol. The lowest BCUT2D eigenvalue weighted by atomic mass is 10.2. The van der Waals surface area contributed by atoms with E-state index in [4.69, 9.17) is 0 Å². The van der Waals surface area contributed by atoms with Crippen molar-refractivity contribution in [2.24, 2.45) is 5.92 Å². The average Bonchev–Trinajstić information content (AvgIpc) is 3.60. The third-order valence-corrected chi connectivity index (χ3v) is 7.01. The summed E-state index contributed by atoms with van der Waals surface area (Å²) in [7, 11) is -3.62. The number of aromatic nitrogens is 1. The highest BCUT2D eigenvalue weighted by Gasteiger charge is 2.31. The molecule has 2 N–H and O–H groups in total. The van der Waals surface area contributed by atoms with E-state index in [2.05, 4.69) is 15.6 Å². The maximum absolute atomic E-state index is 12.7. The number of benzene rings is 1. The predicted molar refractivity (Wildman–Crippen MR) is 111 cm³/mol. The zero-order chi connectivity index (χ0) is 21.1. The smallest absolute Gasteiger partial charge is 0.321 e. The molecule has 9 nitrogen and oxygen atoms in total. The molecule has 2 aliphatic rings. The Hall–Kier alpha value is -2.98. The van der Waals surface area contributed by atoms with Crippen LogP contribution in [0.1, 0.15) is 12.8 Å². The fourth-order valence-electron chi connectivity index (χ4n) is 3.25. The summed E-state index contributed by atoms with van der Waals surface area (Å²) in [6.07, 6.45) is 4.69. The number of nitrogens with one attached hydrogen (secondary N) is 2. The van der Waals surface area contributed by atoms with Gasteiger partial charge in [-0.1, -0.05) is 6.07 Å². The minimum absolute atomic E-state index is 0.00410. The fourth-order valence-corrected chi connectivity index (χ4v) is 4.63. The molecule has 1 saturated heterocycles. The van der Waals surface area contributed by atoms with Crippen LogP contribution in [0.3, 0.4) is 0 Å². The summed E-state index contributed by atoms with van der Waals surface area (Å²) >= 11 is 0. The first-order chi connectivity index (χ1) is 14.4. The molecule has 2 fully saturated rings. The number of amides is 3. The first-order valence-corrected chi connectivity index (χ1v) is 11.2. The summed E-state index contributed by atoms with van der Waals surface area (Å²) in [5.74, 6) is 0.104. The van der Waals surface area contributed by atoms with Crippen molar-refractivity contribution in [3.63, 3.8) is 0 Å². The number of rotatable bonds is 5. The van der Waals surface area contributed by atoms with Crippen LogP contribution in [0.15, 0.2) is 53.7 Å². The van der Waals surface area contributed by atoms with Gasteiger partial charge in [0.2, 0.25) is 15.9 Å². The van der Waals surface area contributed by atoms with Gasteiger partial charge in [-0.05, 0) is 43.2 Å². The third kappa shape index (κ3) is 4.60. The third-order valence-electron chi connectivity index (χ3n) is 5.13. The summed E-state index contributed by atoms with van der Waals surface area (Å²) in [5.41, 5.74) is 1.20. The van der Waals surface area contributed by atoms with Crippen molar-refractivity contribution in [1.29, 1.82) is 0 Å². The highest BCUT2D eigenvalue weighted by molar-refractivity contribution is 7.89. The van der Waals surface area contributed by atoms with Gasteiger partial charge in [-0.3, -0.25) is 9.78 Å². The Morgan fingerprint density at radius 3 is 2.30 bits per heavy atom. The highest BCUT2D eigenvalue weighted by atomic mass is 32.2. The van der Waals surface area contributed by atoms with Gasteiger partial charge in [-0.15, -0.1) is 0 Å². The van der Waals surface area contributed by atoms with Gasteiger partial charge in [0.15, 0.2) is 0 Å². The Morgan fingerprint density at radius 2 is 1.67 bits per heavy atom. The number of hydrogen-bond acceptors (Lipinski definition) is 5. The molecule has 4 rings (SSSR count). The lowest BCUT2D eigenvalue weighted by molar-refractivity contribution is -0.117. The lowest BCUT2D eigenvalue weighted by Gasteiger charge is -2.33. The van der Waals surface area contributed by atoms with E-state index in [1.165, 1.54) is 22.8 Å². The molecule has 1 aliphatic carbocycles. The van der Waals surface area contributed by atoms with Crippen LogP contribution in [0, 0.1) is 5.92 Å². The Balaban J connectivity index is 1.33. The second kappa shape index (κ2) is 8.41. The van der Waals surface area contributed by atoms with Gasteiger partial charge >= 0.3 is 6.03 Å². The van der Waals surface area contributed by atoms with Gasteiger partial charge in [0.1, 0.15) is 4.90 Å². The maximum atomic E-state index is 12.7. The fraction of sp³-hybridized carbons (Fsp3) is 0.350. The van der Waals surface area contributed by atoms with Crippen LogP contribution in [-0.2, 0) is 14.8 Å². The van der Waals surface area contributed by atoms with E-state index >= 15 is 0 Å². The number of urea groups is 1. The number of carbonyl (C=O) groups excluding carboxylic acids is 2. The molecule has 30 heavy (non-hydrogen) atoms. The van der Waals surface area contributed by atoms with Gasteiger partial charge in [0.25, 0.3) is 0 Å². The van der Waals surface area contributed by atoms with Crippen LogP contribution in [0.5, 0.6) is 0 Å². The monoisotopic (exact) mass is 429 g/mol. The first-order valence-electron chi connectivity index (χ1n) is 9.80. The van der Waals surface area contributed by atoms with Crippen molar-refractivity contribution in [3.8, 4) is 0 Å². The molecule has 2 aromatic rings. The molecule has 1 aromatic carbocycles. The van der Waals surface area contributed by atoms with E-state index in [1.54, 1.807) is 35.2 Å². The summed E-state index contributed by atoms with van der Waals surface area (Å²) in [5, 5.41) is 5.67. The molecule has 158 valence electrons. The SMILES string of the molecule is O=C(Nc1cccc(NC(=O)N2CCN(S(=O)(=O)c3cccnc3)CC2)c1)C1CC1. The number of sulfonamides is 1. The van der Waals surface area contributed by atoms with Gasteiger partial charge in [-0.25, -0.2) is 13.2 Å². The molecule has 3 amide bonds. The quantitative estimate of drug-likeness (QED) is 0.755. The zero-order valence-corrected chi connectivity index (χ0v) is 17.1. The first kappa shape index (κ1) is 20.3. The van der Waals surface area contributed by atoms with Crippen LogP contribution in [0.25, 0.3) is 0 Å². The molecule has 0 radical (unpaired) electrons. The van der Waals surface area contributed by atoms with E-state index < -0.39 is 10.0 Å². The standard InChI is InChI=1S/C20H23N5O4S/c26-19(15-6-7-15)22-16-3-1-4-17(13-16)23-20(27)24-9-11-25(12-10-24)30(28,29)18-5-2-8-21-14-18/h1-5,8,13-15H,6-7,9-12H2,(H,22,26)(H,23,27). The molecular formula is C20H23N5O4S. The molecule has 1 aliphatic heterocycles. The van der Waals surface area contributed by atoms with Crippen molar-refractivity contribution in [3.05, 3.63) is 48.8 Å². The van der Waals surface area contributed by atoms with Gasteiger partial charge in [-0.2, -0.15) is 4.31 Å². The lowest BCUT2D eigenvalue weighted by Crippen LogP contribution is -2.51. The normalized spacial score (nSPS) is 17.4. The van der Waals surface area contributed by atoms with Crippen molar-refractivity contribution in [2.45, 2.75) is 17.7 Å². The van der Waals surface area contributed by atoms with E-state index in [0.29, 0.717) is 11.4 Å². The van der Waals surface area contributed by atoms with E-state index in [0.717, 1.165) is 12.8 Å². The van der Waals surface area contributed by atoms with Crippen molar-refractivity contribution >= 4 is 33.3 Å². The molecular weight excluding hydrogens is 406 g/mol. The molecule has 0 unspecified atom stereocenters. The van der Waals surface area contributed by atoms with Crippen LogP contribution >= 0.6 is 0 Å². The largest absolute Gasteiger partial charge is 0.326 e. The molecule has 0 spiro atoms. The zero-order valence-electron chi connectivity index (χ0n) is 16.3. The van der Waals surface area contributed by atoms with Gasteiger partial charge in [0.05, 0.1) is 0 Å². The Morgan fingerprint density at radius 1 is 0.967 bits per heavy atom. The van der Waals surface area contributed by atoms with Crippen molar-refractivity contribution < 1.29 is 18.0 Å². The van der Waals surface area contributed by atoms with Crippen LogP contribution in [-0.4, -0.2) is 60.7 Å². The molecule has 10 heteroatoms. The molecule has 1 aromatic heterocycles. The summed E-state index contributed by atoms with van der Waals surface area (Å²) in [6.45, 7) is 0.983. The van der Waals surface area contributed by atoms with E-state index in [1.807, 2.05) is 0 Å². The van der Waals surface area contributed by atoms with Crippen LogP contribution in [0.2, 0.25) is 0 Å². The highest BCUT2D eigenvalue weighted by Crippen LogP contribution is 2.30. The summed E-state index contributed by atoms with van der Waals surface area (Å²) in [4.78, 5) is 30.1. The minimum Gasteiger partial charge on any atom is -0.326 e. The number of carbonyl (C=O) groups is 2.